The van der Waals surface area contributed by atoms with E-state index in [2.05, 4.69) is 58.8 Å². The SMILES string of the molecule is CC(C)c1csc(S(C)(C)C)c1C(C)(C)C. The van der Waals surface area contributed by atoms with Gasteiger partial charge in [0.25, 0.3) is 0 Å². The average molecular weight is 258 g/mol. The Balaban J connectivity index is 3.44. The molecule has 0 fully saturated rings. The largest absolute Gasteiger partial charge is 0.214 e. The number of rotatable bonds is 2. The van der Waals surface area contributed by atoms with E-state index in [9.17, 15) is 0 Å². The van der Waals surface area contributed by atoms with Crippen LogP contribution < -0.4 is 0 Å². The molecule has 0 N–H and O–H groups in total. The normalized spacial score (nSPS) is 14.6. The van der Waals surface area contributed by atoms with Crippen molar-refractivity contribution in [3.05, 3.63) is 16.5 Å². The molecular weight excluding hydrogens is 232 g/mol. The van der Waals surface area contributed by atoms with E-state index in [1.54, 1.807) is 15.3 Å². The molecule has 0 radical (unpaired) electrons. The van der Waals surface area contributed by atoms with Crippen LogP contribution in [0.2, 0.25) is 0 Å². The summed E-state index contributed by atoms with van der Waals surface area (Å²) in [5, 5.41) is 2.39. The highest BCUT2D eigenvalue weighted by Crippen LogP contribution is 2.54. The van der Waals surface area contributed by atoms with Gasteiger partial charge >= 0.3 is 0 Å². The summed E-state index contributed by atoms with van der Waals surface area (Å²) in [4.78, 5) is 0. The van der Waals surface area contributed by atoms with Crippen molar-refractivity contribution in [3.8, 4) is 0 Å². The first-order valence-electron chi connectivity index (χ1n) is 5.85. The fourth-order valence-electron chi connectivity index (χ4n) is 1.97. The predicted octanol–water partition coefficient (Wildman–Crippen LogP) is 5.22. The van der Waals surface area contributed by atoms with E-state index in [0.717, 1.165) is 0 Å². The standard InChI is InChI=1S/C14H26S2/c1-10(2)11-9-15-13(16(6,7)8)12(11)14(3,4)5/h9-10H,1-8H3. The van der Waals surface area contributed by atoms with Gasteiger partial charge in [-0.3, -0.25) is 0 Å². The van der Waals surface area contributed by atoms with E-state index in [1.807, 2.05) is 11.3 Å². The Bertz CT molecular complexity index is 359. The average Bonchev–Trinajstić information content (AvgIpc) is 2.43. The van der Waals surface area contributed by atoms with E-state index in [0.29, 0.717) is 5.92 Å². The quantitative estimate of drug-likeness (QED) is 0.682. The topological polar surface area (TPSA) is 0 Å². The monoisotopic (exact) mass is 258 g/mol. The van der Waals surface area contributed by atoms with E-state index in [1.165, 1.54) is 0 Å². The Morgan fingerprint density at radius 2 is 1.62 bits per heavy atom. The molecule has 0 unspecified atom stereocenters. The van der Waals surface area contributed by atoms with Crippen LogP contribution in [0.4, 0.5) is 0 Å². The zero-order valence-electron chi connectivity index (χ0n) is 12.0. The number of hydrogen-bond acceptors (Lipinski definition) is 1. The summed E-state index contributed by atoms with van der Waals surface area (Å²) in [5.74, 6) is 0.640. The second kappa shape index (κ2) is 4.38. The fraction of sp³-hybridized carbons (Fsp3) is 0.714. The van der Waals surface area contributed by atoms with Crippen molar-refractivity contribution in [1.29, 1.82) is 0 Å². The lowest BCUT2D eigenvalue weighted by Crippen LogP contribution is -2.16. The zero-order chi connectivity index (χ0) is 12.7. The van der Waals surface area contributed by atoms with Crippen LogP contribution in [0.15, 0.2) is 9.59 Å². The first kappa shape index (κ1) is 14.1. The van der Waals surface area contributed by atoms with Crippen molar-refractivity contribution in [2.24, 2.45) is 0 Å². The molecule has 0 atom stereocenters. The minimum absolute atomic E-state index is 0.273. The van der Waals surface area contributed by atoms with Gasteiger partial charge in [-0.05, 0) is 46.6 Å². The third-order valence-corrected chi connectivity index (χ3v) is 6.61. The lowest BCUT2D eigenvalue weighted by Gasteiger charge is -2.31. The maximum atomic E-state index is 2.40. The third-order valence-electron chi connectivity index (χ3n) is 2.71. The molecule has 0 spiro atoms. The molecule has 1 aromatic heterocycles. The van der Waals surface area contributed by atoms with Crippen molar-refractivity contribution >= 4 is 21.4 Å². The molecule has 94 valence electrons. The molecule has 1 aromatic rings. The lowest BCUT2D eigenvalue weighted by molar-refractivity contribution is 0.570. The zero-order valence-corrected chi connectivity index (χ0v) is 13.6. The van der Waals surface area contributed by atoms with Gasteiger partial charge in [-0.2, -0.15) is 0 Å². The van der Waals surface area contributed by atoms with Crippen LogP contribution in [0.25, 0.3) is 0 Å². The van der Waals surface area contributed by atoms with Gasteiger partial charge in [-0.25, -0.2) is 10.0 Å². The van der Waals surface area contributed by atoms with Gasteiger partial charge in [0.2, 0.25) is 0 Å². The molecule has 0 amide bonds. The fourth-order valence-corrected chi connectivity index (χ4v) is 5.47. The highest BCUT2D eigenvalue weighted by Gasteiger charge is 2.28. The first-order chi connectivity index (χ1) is 7.05. The Morgan fingerprint density at radius 1 is 1.12 bits per heavy atom. The van der Waals surface area contributed by atoms with E-state index in [4.69, 9.17) is 0 Å². The summed E-state index contributed by atoms with van der Waals surface area (Å²) in [6.45, 7) is 11.6. The van der Waals surface area contributed by atoms with Crippen molar-refractivity contribution in [2.75, 3.05) is 18.8 Å². The molecule has 0 saturated heterocycles. The Hall–Kier alpha value is 0.0500. The third kappa shape index (κ3) is 2.84. The van der Waals surface area contributed by atoms with Crippen molar-refractivity contribution in [1.82, 2.24) is 0 Å². The second-order valence-electron chi connectivity index (χ2n) is 6.60. The first-order valence-corrected chi connectivity index (χ1v) is 9.59. The number of thiophene rings is 1. The second-order valence-corrected chi connectivity index (χ2v) is 11.8. The molecule has 0 bridgehead atoms. The van der Waals surface area contributed by atoms with Crippen LogP contribution in [-0.4, -0.2) is 18.8 Å². The molecule has 0 saturated carbocycles. The summed E-state index contributed by atoms with van der Waals surface area (Å²) in [6, 6.07) is 0. The summed E-state index contributed by atoms with van der Waals surface area (Å²) in [5.41, 5.74) is 3.46. The van der Waals surface area contributed by atoms with E-state index in [-0.39, 0.29) is 5.41 Å². The highest BCUT2D eigenvalue weighted by atomic mass is 32.3. The maximum absolute atomic E-state index is 2.40. The molecule has 0 aliphatic rings. The van der Waals surface area contributed by atoms with Crippen LogP contribution in [0.3, 0.4) is 0 Å². The molecule has 0 aromatic carbocycles. The van der Waals surface area contributed by atoms with E-state index >= 15 is 0 Å². The lowest BCUT2D eigenvalue weighted by atomic mass is 9.83. The summed E-state index contributed by atoms with van der Waals surface area (Å²) >= 11 is 1.98. The Morgan fingerprint density at radius 3 is 1.94 bits per heavy atom. The summed E-state index contributed by atoms with van der Waals surface area (Å²) in [6.07, 6.45) is 7.20. The van der Waals surface area contributed by atoms with Crippen molar-refractivity contribution in [3.63, 3.8) is 0 Å². The van der Waals surface area contributed by atoms with E-state index < -0.39 is 10.0 Å². The molecule has 2 heteroatoms. The molecule has 1 rings (SSSR count). The smallest absolute Gasteiger partial charge is 0.0462 e. The van der Waals surface area contributed by atoms with Gasteiger partial charge in [0.15, 0.2) is 0 Å². The highest BCUT2D eigenvalue weighted by molar-refractivity contribution is 8.33. The Labute approximate surface area is 107 Å². The van der Waals surface area contributed by atoms with Crippen LogP contribution in [0.1, 0.15) is 51.7 Å². The van der Waals surface area contributed by atoms with Gasteiger partial charge in [0, 0.05) is 4.21 Å². The predicted molar refractivity (Wildman–Crippen MR) is 80.7 cm³/mol. The summed E-state index contributed by atoms with van der Waals surface area (Å²) < 4.78 is 1.64. The van der Waals surface area contributed by atoms with Gasteiger partial charge in [0.05, 0.1) is 0 Å². The van der Waals surface area contributed by atoms with Crippen molar-refractivity contribution < 1.29 is 0 Å². The Kier molecular flexibility index (Phi) is 3.86. The maximum Gasteiger partial charge on any atom is 0.0462 e. The summed E-state index contributed by atoms with van der Waals surface area (Å²) in [7, 11) is -0.611. The molecule has 0 aliphatic heterocycles. The van der Waals surface area contributed by atoms with Crippen LogP contribution in [-0.2, 0) is 5.41 Å². The number of hydrogen-bond donors (Lipinski definition) is 0. The van der Waals surface area contributed by atoms with Gasteiger partial charge < -0.3 is 0 Å². The van der Waals surface area contributed by atoms with Gasteiger partial charge in [-0.1, -0.05) is 34.6 Å². The molecule has 16 heavy (non-hydrogen) atoms. The van der Waals surface area contributed by atoms with Crippen LogP contribution >= 0.6 is 21.4 Å². The van der Waals surface area contributed by atoms with Crippen molar-refractivity contribution in [2.45, 2.75) is 50.2 Å². The van der Waals surface area contributed by atoms with Crippen LogP contribution in [0, 0.1) is 0 Å². The molecule has 0 nitrogen and oxygen atoms in total. The van der Waals surface area contributed by atoms with Gasteiger partial charge in [-0.15, -0.1) is 11.3 Å². The molecular formula is C14H26S2. The minimum atomic E-state index is -0.611. The molecule has 1 heterocycles. The van der Waals surface area contributed by atoms with Crippen LogP contribution in [0.5, 0.6) is 0 Å². The molecule has 0 aliphatic carbocycles. The van der Waals surface area contributed by atoms with Gasteiger partial charge in [0.1, 0.15) is 0 Å². The minimum Gasteiger partial charge on any atom is -0.214 e.